The third kappa shape index (κ3) is 3.79. The smallest absolute Gasteiger partial charge is 0.263 e. The normalized spacial score (nSPS) is 11.1. The van der Waals surface area contributed by atoms with E-state index in [4.69, 9.17) is 0 Å². The SMILES string of the molecule is CCN(CC)CCNC(=O)c1cc2ccccc2n(CC)c1=O. The first-order valence-corrected chi connectivity index (χ1v) is 8.25. The van der Waals surface area contributed by atoms with Crippen molar-refractivity contribution in [1.29, 1.82) is 0 Å². The molecule has 0 aliphatic carbocycles. The Morgan fingerprint density at radius 1 is 1.17 bits per heavy atom. The van der Waals surface area contributed by atoms with Crippen molar-refractivity contribution >= 4 is 16.8 Å². The highest BCUT2D eigenvalue weighted by Gasteiger charge is 2.14. The van der Waals surface area contributed by atoms with E-state index in [1.54, 1.807) is 10.6 Å². The van der Waals surface area contributed by atoms with Crippen molar-refractivity contribution in [2.45, 2.75) is 27.3 Å². The summed E-state index contributed by atoms with van der Waals surface area (Å²) in [7, 11) is 0. The number of amides is 1. The van der Waals surface area contributed by atoms with E-state index in [0.29, 0.717) is 13.1 Å². The van der Waals surface area contributed by atoms with Crippen LogP contribution in [0.5, 0.6) is 0 Å². The highest BCUT2D eigenvalue weighted by atomic mass is 16.2. The number of hydrogen-bond acceptors (Lipinski definition) is 3. The summed E-state index contributed by atoms with van der Waals surface area (Å²) in [6.45, 7) is 9.86. The molecular formula is C18H25N3O2. The van der Waals surface area contributed by atoms with Crippen molar-refractivity contribution in [3.05, 3.63) is 46.2 Å². The fourth-order valence-corrected chi connectivity index (χ4v) is 2.77. The lowest BCUT2D eigenvalue weighted by Crippen LogP contribution is -2.37. The maximum Gasteiger partial charge on any atom is 0.263 e. The molecule has 23 heavy (non-hydrogen) atoms. The first-order chi connectivity index (χ1) is 11.1. The Bertz CT molecular complexity index is 733. The fraction of sp³-hybridized carbons (Fsp3) is 0.444. The summed E-state index contributed by atoms with van der Waals surface area (Å²) in [6, 6.07) is 9.33. The van der Waals surface area contributed by atoms with Gasteiger partial charge in [0.05, 0.1) is 5.52 Å². The number of nitrogens with one attached hydrogen (secondary N) is 1. The van der Waals surface area contributed by atoms with Gasteiger partial charge in [-0.2, -0.15) is 0 Å². The lowest BCUT2D eigenvalue weighted by Gasteiger charge is -2.18. The summed E-state index contributed by atoms with van der Waals surface area (Å²) < 4.78 is 1.65. The second-order valence-electron chi connectivity index (χ2n) is 5.45. The molecule has 0 unspecified atom stereocenters. The Morgan fingerprint density at radius 3 is 2.52 bits per heavy atom. The quantitative estimate of drug-likeness (QED) is 0.851. The molecule has 0 atom stereocenters. The van der Waals surface area contributed by atoms with E-state index in [-0.39, 0.29) is 17.0 Å². The molecule has 0 saturated heterocycles. The molecule has 0 radical (unpaired) electrons. The molecule has 2 aromatic rings. The van der Waals surface area contributed by atoms with Crippen molar-refractivity contribution in [3.63, 3.8) is 0 Å². The fourth-order valence-electron chi connectivity index (χ4n) is 2.77. The van der Waals surface area contributed by atoms with Crippen molar-refractivity contribution in [2.24, 2.45) is 0 Å². The Kier molecular flexibility index (Phi) is 5.93. The summed E-state index contributed by atoms with van der Waals surface area (Å²) in [4.78, 5) is 27.2. The monoisotopic (exact) mass is 315 g/mol. The predicted octanol–water partition coefficient (Wildman–Crippen LogP) is 2.09. The average molecular weight is 315 g/mol. The van der Waals surface area contributed by atoms with E-state index in [1.807, 2.05) is 31.2 Å². The van der Waals surface area contributed by atoms with Gasteiger partial charge >= 0.3 is 0 Å². The van der Waals surface area contributed by atoms with Crippen LogP contribution < -0.4 is 10.9 Å². The molecule has 1 N–H and O–H groups in total. The van der Waals surface area contributed by atoms with E-state index in [9.17, 15) is 9.59 Å². The number of rotatable bonds is 7. The number of pyridine rings is 1. The second-order valence-corrected chi connectivity index (χ2v) is 5.45. The molecule has 1 amide bonds. The molecule has 124 valence electrons. The van der Waals surface area contributed by atoms with E-state index < -0.39 is 0 Å². The summed E-state index contributed by atoms with van der Waals surface area (Å²) in [5.41, 5.74) is 0.844. The predicted molar refractivity (Wildman–Crippen MR) is 94.0 cm³/mol. The standard InChI is InChI=1S/C18H25N3O2/c1-4-20(5-2)12-11-19-17(22)15-13-14-9-7-8-10-16(14)21(6-3)18(15)23/h7-10,13H,4-6,11-12H2,1-3H3,(H,19,22). The summed E-state index contributed by atoms with van der Waals surface area (Å²) in [5, 5.41) is 3.77. The van der Waals surface area contributed by atoms with Gasteiger partial charge in [-0.05, 0) is 37.5 Å². The number of nitrogens with zero attached hydrogens (tertiary/aromatic N) is 2. The second kappa shape index (κ2) is 7.92. The van der Waals surface area contributed by atoms with E-state index in [0.717, 1.165) is 30.5 Å². The van der Waals surface area contributed by atoms with Crippen LogP contribution in [0, 0.1) is 0 Å². The van der Waals surface area contributed by atoms with Crippen LogP contribution in [0.15, 0.2) is 35.1 Å². The van der Waals surface area contributed by atoms with Gasteiger partial charge in [-0.1, -0.05) is 32.0 Å². The number of para-hydroxylation sites is 1. The maximum atomic E-state index is 12.6. The number of carbonyl (C=O) groups is 1. The molecule has 0 fully saturated rings. The van der Waals surface area contributed by atoms with Gasteiger partial charge in [0.15, 0.2) is 0 Å². The van der Waals surface area contributed by atoms with Gasteiger partial charge in [0.1, 0.15) is 5.56 Å². The largest absolute Gasteiger partial charge is 0.351 e. The lowest BCUT2D eigenvalue weighted by atomic mass is 10.1. The Morgan fingerprint density at radius 2 is 1.87 bits per heavy atom. The number of hydrogen-bond donors (Lipinski definition) is 1. The van der Waals surface area contributed by atoms with Crippen molar-refractivity contribution in [1.82, 2.24) is 14.8 Å². The van der Waals surface area contributed by atoms with Gasteiger partial charge in [-0.25, -0.2) is 0 Å². The Labute approximate surface area is 136 Å². The zero-order chi connectivity index (χ0) is 16.8. The number of aryl methyl sites for hydroxylation is 1. The molecule has 0 aliphatic heterocycles. The first kappa shape index (κ1) is 17.2. The minimum atomic E-state index is -0.296. The van der Waals surface area contributed by atoms with Crippen molar-refractivity contribution in [3.8, 4) is 0 Å². The molecule has 0 aliphatic rings. The van der Waals surface area contributed by atoms with Gasteiger partial charge in [0, 0.05) is 19.6 Å². The number of fused-ring (bicyclic) bond motifs is 1. The molecular weight excluding hydrogens is 290 g/mol. The number of aromatic nitrogens is 1. The number of likely N-dealkylation sites (N-methyl/N-ethyl adjacent to an activating group) is 1. The third-order valence-electron chi connectivity index (χ3n) is 4.17. The molecule has 5 heteroatoms. The molecule has 1 heterocycles. The molecule has 1 aromatic carbocycles. The summed E-state index contributed by atoms with van der Waals surface area (Å²) in [5.74, 6) is -0.296. The van der Waals surface area contributed by atoms with Gasteiger partial charge < -0.3 is 14.8 Å². The van der Waals surface area contributed by atoms with E-state index in [2.05, 4.69) is 24.1 Å². The lowest BCUT2D eigenvalue weighted by molar-refractivity contribution is 0.0947. The van der Waals surface area contributed by atoms with Crippen molar-refractivity contribution in [2.75, 3.05) is 26.2 Å². The van der Waals surface area contributed by atoms with Crippen LogP contribution in [-0.2, 0) is 6.54 Å². The first-order valence-electron chi connectivity index (χ1n) is 8.25. The molecule has 5 nitrogen and oxygen atoms in total. The molecule has 0 saturated carbocycles. The summed E-state index contributed by atoms with van der Waals surface area (Å²) in [6.07, 6.45) is 0. The minimum Gasteiger partial charge on any atom is -0.351 e. The van der Waals surface area contributed by atoms with Crippen LogP contribution in [0.4, 0.5) is 0 Å². The summed E-state index contributed by atoms with van der Waals surface area (Å²) >= 11 is 0. The van der Waals surface area contributed by atoms with Crippen LogP contribution in [-0.4, -0.2) is 41.6 Å². The highest BCUT2D eigenvalue weighted by molar-refractivity contribution is 5.97. The highest BCUT2D eigenvalue weighted by Crippen LogP contribution is 2.13. The minimum absolute atomic E-state index is 0.213. The Balaban J connectivity index is 2.24. The van der Waals surface area contributed by atoms with Gasteiger partial charge in [-0.3, -0.25) is 9.59 Å². The van der Waals surface area contributed by atoms with Crippen LogP contribution >= 0.6 is 0 Å². The molecule has 2 rings (SSSR count). The van der Waals surface area contributed by atoms with Crippen LogP contribution in [0.1, 0.15) is 31.1 Å². The van der Waals surface area contributed by atoms with Crippen LogP contribution in [0.25, 0.3) is 10.9 Å². The molecule has 0 spiro atoms. The zero-order valence-corrected chi connectivity index (χ0v) is 14.1. The van der Waals surface area contributed by atoms with E-state index in [1.165, 1.54) is 0 Å². The maximum absolute atomic E-state index is 12.6. The number of benzene rings is 1. The Hall–Kier alpha value is -2.14. The van der Waals surface area contributed by atoms with Crippen LogP contribution in [0.2, 0.25) is 0 Å². The van der Waals surface area contributed by atoms with Gasteiger partial charge in [0.2, 0.25) is 0 Å². The molecule has 1 aromatic heterocycles. The number of carbonyl (C=O) groups excluding carboxylic acids is 1. The van der Waals surface area contributed by atoms with Gasteiger partial charge in [-0.15, -0.1) is 0 Å². The molecule has 0 bridgehead atoms. The van der Waals surface area contributed by atoms with Crippen LogP contribution in [0.3, 0.4) is 0 Å². The van der Waals surface area contributed by atoms with Crippen molar-refractivity contribution < 1.29 is 4.79 Å². The van der Waals surface area contributed by atoms with Gasteiger partial charge in [0.25, 0.3) is 11.5 Å². The average Bonchev–Trinajstić information content (AvgIpc) is 2.58. The third-order valence-corrected chi connectivity index (χ3v) is 4.17. The topological polar surface area (TPSA) is 54.3 Å². The zero-order valence-electron chi connectivity index (χ0n) is 14.1. The van der Waals surface area contributed by atoms with E-state index >= 15 is 0 Å².